The first-order valence-corrected chi connectivity index (χ1v) is 9.19. The molecule has 7 nitrogen and oxygen atoms in total. The number of piperidine rings is 1. The molecule has 1 fully saturated rings. The molecule has 0 saturated carbocycles. The average Bonchev–Trinajstić information content (AvgIpc) is 3.09. The van der Waals surface area contributed by atoms with E-state index in [0.29, 0.717) is 34.8 Å². The molecule has 1 atom stereocenters. The van der Waals surface area contributed by atoms with E-state index < -0.39 is 0 Å². The highest BCUT2D eigenvalue weighted by Crippen LogP contribution is 2.29. The van der Waals surface area contributed by atoms with E-state index in [1.165, 1.54) is 0 Å². The van der Waals surface area contributed by atoms with Crippen LogP contribution in [0.5, 0.6) is 0 Å². The van der Waals surface area contributed by atoms with Crippen molar-refractivity contribution in [3.63, 3.8) is 0 Å². The van der Waals surface area contributed by atoms with Crippen LogP contribution < -0.4 is 5.73 Å². The lowest BCUT2D eigenvalue weighted by Gasteiger charge is -2.31. The Balaban J connectivity index is 1.58. The van der Waals surface area contributed by atoms with Crippen LogP contribution in [0.25, 0.3) is 11.5 Å². The summed E-state index contributed by atoms with van der Waals surface area (Å²) in [4.78, 5) is 25.3. The Morgan fingerprint density at radius 3 is 2.92 bits per heavy atom. The number of aromatic nitrogens is 2. The van der Waals surface area contributed by atoms with Crippen molar-refractivity contribution < 1.29 is 14.0 Å². The lowest BCUT2D eigenvalue weighted by molar-refractivity contribution is -0.132. The molecule has 9 heteroatoms. The van der Waals surface area contributed by atoms with Gasteiger partial charge in [-0.05, 0) is 25.0 Å². The van der Waals surface area contributed by atoms with Gasteiger partial charge in [0.05, 0.1) is 22.3 Å². The smallest absolute Gasteiger partial charge is 0.277 e. The third-order valence-corrected chi connectivity index (χ3v) is 5.14. The molecule has 0 radical (unpaired) electrons. The van der Waals surface area contributed by atoms with Crippen molar-refractivity contribution in [3.8, 4) is 11.5 Å². The van der Waals surface area contributed by atoms with E-state index in [2.05, 4.69) is 10.2 Å². The zero-order valence-electron chi connectivity index (χ0n) is 13.4. The first-order valence-electron chi connectivity index (χ1n) is 7.83. The van der Waals surface area contributed by atoms with Gasteiger partial charge in [-0.2, -0.15) is 0 Å². The van der Waals surface area contributed by atoms with Crippen molar-refractivity contribution in [2.24, 2.45) is 11.7 Å². The van der Waals surface area contributed by atoms with Gasteiger partial charge >= 0.3 is 0 Å². The molecule has 0 aliphatic carbocycles. The first kappa shape index (κ1) is 17.8. The average molecular weight is 381 g/mol. The first-order chi connectivity index (χ1) is 12.0. The van der Waals surface area contributed by atoms with E-state index in [4.69, 9.17) is 21.8 Å². The number of thioether (sulfide) groups is 1. The van der Waals surface area contributed by atoms with Gasteiger partial charge in [-0.15, -0.1) is 10.2 Å². The Bertz CT molecular complexity index is 782. The lowest BCUT2D eigenvalue weighted by Crippen LogP contribution is -2.44. The highest BCUT2D eigenvalue weighted by Gasteiger charge is 2.27. The van der Waals surface area contributed by atoms with Gasteiger partial charge in [0.2, 0.25) is 17.7 Å². The van der Waals surface area contributed by atoms with Crippen LogP contribution in [0.1, 0.15) is 12.8 Å². The highest BCUT2D eigenvalue weighted by molar-refractivity contribution is 7.99. The zero-order valence-corrected chi connectivity index (χ0v) is 14.9. The second-order valence-corrected chi connectivity index (χ2v) is 7.06. The largest absolute Gasteiger partial charge is 0.411 e. The molecule has 1 saturated heterocycles. The van der Waals surface area contributed by atoms with Gasteiger partial charge in [0.25, 0.3) is 5.22 Å². The second-order valence-electron chi connectivity index (χ2n) is 5.72. The minimum atomic E-state index is -0.355. The molecule has 1 aromatic heterocycles. The van der Waals surface area contributed by atoms with Crippen LogP contribution in [0.3, 0.4) is 0 Å². The molecule has 3 rings (SSSR count). The Morgan fingerprint density at radius 1 is 1.36 bits per heavy atom. The van der Waals surface area contributed by atoms with Gasteiger partial charge in [0.1, 0.15) is 0 Å². The molecule has 25 heavy (non-hydrogen) atoms. The van der Waals surface area contributed by atoms with E-state index in [9.17, 15) is 9.59 Å². The molecule has 1 aromatic carbocycles. The summed E-state index contributed by atoms with van der Waals surface area (Å²) in [5.41, 5.74) is 5.99. The molecule has 1 aliphatic heterocycles. The van der Waals surface area contributed by atoms with Crippen LogP contribution in [-0.4, -0.2) is 45.8 Å². The quantitative estimate of drug-likeness (QED) is 0.798. The Hall–Kier alpha value is -2.06. The number of benzene rings is 1. The predicted molar refractivity (Wildman–Crippen MR) is 94.0 cm³/mol. The van der Waals surface area contributed by atoms with E-state index in [1.807, 2.05) is 12.1 Å². The topological polar surface area (TPSA) is 102 Å². The monoisotopic (exact) mass is 380 g/mol. The van der Waals surface area contributed by atoms with Crippen LogP contribution in [0.15, 0.2) is 33.9 Å². The summed E-state index contributed by atoms with van der Waals surface area (Å²) < 4.78 is 5.56. The maximum absolute atomic E-state index is 12.3. The van der Waals surface area contributed by atoms with Crippen LogP contribution >= 0.6 is 23.4 Å². The predicted octanol–water partition coefficient (Wildman–Crippen LogP) is 2.21. The standard InChI is InChI=1S/C16H17ClN4O3S/c17-12-6-2-1-5-11(12)15-19-20-16(24-15)25-9-13(22)21-7-3-4-10(8-21)14(18)23/h1-2,5-6,10H,3-4,7-9H2,(H2,18,23). The molecule has 132 valence electrons. The number of carbonyl (C=O) groups is 2. The summed E-state index contributed by atoms with van der Waals surface area (Å²) in [7, 11) is 0. The molecule has 2 amide bonds. The number of primary amides is 1. The van der Waals surface area contributed by atoms with Crippen molar-refractivity contribution in [2.45, 2.75) is 18.1 Å². The maximum Gasteiger partial charge on any atom is 0.277 e. The van der Waals surface area contributed by atoms with Crippen molar-refractivity contribution in [1.82, 2.24) is 15.1 Å². The number of nitrogens with zero attached hydrogens (tertiary/aromatic N) is 3. The van der Waals surface area contributed by atoms with Crippen molar-refractivity contribution >= 4 is 35.2 Å². The maximum atomic E-state index is 12.3. The number of rotatable bonds is 5. The number of amides is 2. The normalized spacial score (nSPS) is 17.5. The molecule has 1 unspecified atom stereocenters. The van der Waals surface area contributed by atoms with Crippen molar-refractivity contribution in [3.05, 3.63) is 29.3 Å². The summed E-state index contributed by atoms with van der Waals surface area (Å²) in [5, 5.41) is 8.72. The number of nitrogens with two attached hydrogens (primary N) is 1. The van der Waals surface area contributed by atoms with E-state index in [-0.39, 0.29) is 23.5 Å². The van der Waals surface area contributed by atoms with Gasteiger partial charge in [-0.25, -0.2) is 0 Å². The third kappa shape index (κ3) is 4.32. The molecular formula is C16H17ClN4O3S. The number of carbonyl (C=O) groups excluding carboxylic acids is 2. The summed E-state index contributed by atoms with van der Waals surface area (Å²) in [6, 6.07) is 7.16. The fraction of sp³-hybridized carbons (Fsp3) is 0.375. The van der Waals surface area contributed by atoms with Gasteiger partial charge in [-0.3, -0.25) is 9.59 Å². The molecule has 0 bridgehead atoms. The molecular weight excluding hydrogens is 364 g/mol. The van der Waals surface area contributed by atoms with Crippen LogP contribution in [0, 0.1) is 5.92 Å². The number of likely N-dealkylation sites (tertiary alicyclic amines) is 1. The fourth-order valence-electron chi connectivity index (χ4n) is 2.66. The highest BCUT2D eigenvalue weighted by atomic mass is 35.5. The van der Waals surface area contributed by atoms with Gasteiger partial charge in [0.15, 0.2) is 0 Å². The minimum absolute atomic E-state index is 0.0755. The minimum Gasteiger partial charge on any atom is -0.411 e. The molecule has 2 N–H and O–H groups in total. The summed E-state index contributed by atoms with van der Waals surface area (Å²) in [6.45, 7) is 1.02. The third-order valence-electron chi connectivity index (χ3n) is 4.01. The summed E-state index contributed by atoms with van der Waals surface area (Å²) in [5.74, 6) is -0.222. The van der Waals surface area contributed by atoms with Gasteiger partial charge in [-0.1, -0.05) is 35.5 Å². The Labute approximate surface area is 153 Å². The SMILES string of the molecule is NC(=O)C1CCCN(C(=O)CSc2nnc(-c3ccccc3Cl)o2)C1. The fourth-order valence-corrected chi connectivity index (χ4v) is 3.54. The summed E-state index contributed by atoms with van der Waals surface area (Å²) in [6.07, 6.45) is 1.51. The van der Waals surface area contributed by atoms with Crippen molar-refractivity contribution in [1.29, 1.82) is 0 Å². The zero-order chi connectivity index (χ0) is 17.8. The Morgan fingerprint density at radius 2 is 2.16 bits per heavy atom. The number of halogens is 1. The van der Waals surface area contributed by atoms with E-state index >= 15 is 0 Å². The van der Waals surface area contributed by atoms with E-state index in [0.717, 1.165) is 24.6 Å². The number of hydrogen-bond donors (Lipinski definition) is 1. The van der Waals surface area contributed by atoms with Gasteiger partial charge < -0.3 is 15.1 Å². The molecule has 2 heterocycles. The number of hydrogen-bond acceptors (Lipinski definition) is 6. The molecule has 1 aliphatic rings. The van der Waals surface area contributed by atoms with Crippen molar-refractivity contribution in [2.75, 3.05) is 18.8 Å². The molecule has 2 aromatic rings. The lowest BCUT2D eigenvalue weighted by atomic mass is 9.97. The Kier molecular flexibility index (Phi) is 5.60. The van der Waals surface area contributed by atoms with Crippen LogP contribution in [0.4, 0.5) is 0 Å². The van der Waals surface area contributed by atoms with Gasteiger partial charge in [0, 0.05) is 13.1 Å². The molecule has 0 spiro atoms. The van der Waals surface area contributed by atoms with Crippen LogP contribution in [-0.2, 0) is 9.59 Å². The summed E-state index contributed by atoms with van der Waals surface area (Å²) >= 11 is 7.27. The second kappa shape index (κ2) is 7.88. The van der Waals surface area contributed by atoms with Crippen LogP contribution in [0.2, 0.25) is 5.02 Å². The van der Waals surface area contributed by atoms with E-state index in [1.54, 1.807) is 17.0 Å².